The smallest absolute Gasteiger partial charge is 0.259 e. The third kappa shape index (κ3) is 2.94. The molecule has 0 bridgehead atoms. The number of fused-ring (bicyclic) bond motifs is 1. The van der Waals surface area contributed by atoms with E-state index in [2.05, 4.69) is 28.3 Å². The molecule has 1 saturated heterocycles. The third-order valence-corrected chi connectivity index (χ3v) is 4.87. The van der Waals surface area contributed by atoms with E-state index >= 15 is 0 Å². The maximum Gasteiger partial charge on any atom is 0.259 e. The standard InChI is InChI=1S/C20H20N4O2/c1-23-19-16(13-22-23)18(25)17(12-21-19)20(26)24-9-7-15(8-10-24)11-14-5-3-2-4-6-14/h2-6,11-13H,7-10H2,1H3,(H,21,25). The van der Waals surface area contributed by atoms with Gasteiger partial charge >= 0.3 is 0 Å². The van der Waals surface area contributed by atoms with E-state index in [1.807, 2.05) is 18.2 Å². The van der Waals surface area contributed by atoms with Crippen LogP contribution in [0.2, 0.25) is 0 Å². The van der Waals surface area contributed by atoms with Crippen molar-refractivity contribution in [1.82, 2.24) is 19.7 Å². The molecule has 1 aliphatic heterocycles. The van der Waals surface area contributed by atoms with Crippen LogP contribution >= 0.6 is 0 Å². The zero-order valence-corrected chi connectivity index (χ0v) is 14.6. The summed E-state index contributed by atoms with van der Waals surface area (Å²) in [5.74, 6) is -0.212. The zero-order valence-electron chi connectivity index (χ0n) is 14.6. The Kier molecular flexibility index (Phi) is 4.16. The number of hydrogen-bond donors (Lipinski definition) is 1. The van der Waals surface area contributed by atoms with Crippen LogP contribution in [0.4, 0.5) is 0 Å². The van der Waals surface area contributed by atoms with Gasteiger partial charge in [0.05, 0.1) is 11.6 Å². The van der Waals surface area contributed by atoms with Gasteiger partial charge in [-0.05, 0) is 18.4 Å². The van der Waals surface area contributed by atoms with E-state index in [1.165, 1.54) is 23.5 Å². The lowest BCUT2D eigenvalue weighted by Crippen LogP contribution is -2.38. The molecule has 3 aromatic rings. The van der Waals surface area contributed by atoms with Crippen LogP contribution in [0, 0.1) is 0 Å². The summed E-state index contributed by atoms with van der Waals surface area (Å²) in [5.41, 5.74) is 3.05. The van der Waals surface area contributed by atoms with Crippen LogP contribution in [0.1, 0.15) is 28.8 Å². The molecule has 0 aliphatic carbocycles. The summed E-state index contributed by atoms with van der Waals surface area (Å²) in [6, 6.07) is 10.2. The lowest BCUT2D eigenvalue weighted by molar-refractivity contribution is 0.0742. The Hall–Kier alpha value is -3.15. The van der Waals surface area contributed by atoms with E-state index in [1.54, 1.807) is 16.6 Å². The number of aromatic amines is 1. The molecular formula is C20H20N4O2. The molecule has 2 aromatic heterocycles. The van der Waals surface area contributed by atoms with Crippen molar-refractivity contribution in [3.8, 4) is 0 Å². The highest BCUT2D eigenvalue weighted by Crippen LogP contribution is 2.20. The second-order valence-corrected chi connectivity index (χ2v) is 6.57. The third-order valence-electron chi connectivity index (χ3n) is 4.87. The van der Waals surface area contributed by atoms with Crippen LogP contribution in [0.15, 0.2) is 53.1 Å². The summed E-state index contributed by atoms with van der Waals surface area (Å²) in [5, 5.41) is 4.52. The van der Waals surface area contributed by atoms with Gasteiger partial charge < -0.3 is 9.88 Å². The summed E-state index contributed by atoms with van der Waals surface area (Å²) in [4.78, 5) is 30.2. The van der Waals surface area contributed by atoms with E-state index < -0.39 is 0 Å². The van der Waals surface area contributed by atoms with Crippen LogP contribution in [0.25, 0.3) is 17.1 Å². The quantitative estimate of drug-likeness (QED) is 0.774. The van der Waals surface area contributed by atoms with Gasteiger partial charge in [0.25, 0.3) is 5.91 Å². The van der Waals surface area contributed by atoms with Gasteiger partial charge in [0, 0.05) is 26.3 Å². The van der Waals surface area contributed by atoms with Crippen molar-refractivity contribution >= 4 is 23.0 Å². The van der Waals surface area contributed by atoms with Crippen molar-refractivity contribution in [3.63, 3.8) is 0 Å². The number of likely N-dealkylation sites (tertiary alicyclic amines) is 1. The number of carbonyl (C=O) groups is 1. The molecule has 26 heavy (non-hydrogen) atoms. The van der Waals surface area contributed by atoms with E-state index in [9.17, 15) is 9.59 Å². The first kappa shape index (κ1) is 16.3. The monoisotopic (exact) mass is 348 g/mol. The summed E-state index contributed by atoms with van der Waals surface area (Å²) >= 11 is 0. The second kappa shape index (κ2) is 6.63. The minimum Gasteiger partial charge on any atom is -0.345 e. The highest BCUT2D eigenvalue weighted by molar-refractivity contribution is 5.96. The number of piperidine rings is 1. The van der Waals surface area contributed by atoms with E-state index in [0.29, 0.717) is 24.1 Å². The number of nitrogens with one attached hydrogen (secondary N) is 1. The number of H-pyrrole nitrogens is 1. The highest BCUT2D eigenvalue weighted by Gasteiger charge is 2.23. The molecule has 0 spiro atoms. The predicted octanol–water partition coefficient (Wildman–Crippen LogP) is 2.58. The Balaban J connectivity index is 1.51. The topological polar surface area (TPSA) is 71.0 Å². The van der Waals surface area contributed by atoms with Crippen LogP contribution < -0.4 is 5.43 Å². The fraction of sp³-hybridized carbons (Fsp3) is 0.250. The highest BCUT2D eigenvalue weighted by atomic mass is 16.2. The van der Waals surface area contributed by atoms with Crippen LogP contribution in [-0.2, 0) is 7.05 Å². The first-order valence-electron chi connectivity index (χ1n) is 8.70. The molecule has 1 fully saturated rings. The molecule has 1 aliphatic rings. The minimum atomic E-state index is -0.262. The lowest BCUT2D eigenvalue weighted by Gasteiger charge is -2.28. The molecule has 6 nitrogen and oxygen atoms in total. The summed E-state index contributed by atoms with van der Waals surface area (Å²) < 4.78 is 1.59. The van der Waals surface area contributed by atoms with Crippen molar-refractivity contribution in [2.75, 3.05) is 13.1 Å². The minimum absolute atomic E-state index is 0.181. The number of amides is 1. The van der Waals surface area contributed by atoms with Gasteiger partial charge in [0.15, 0.2) is 0 Å². The van der Waals surface area contributed by atoms with Gasteiger partial charge in [-0.3, -0.25) is 14.3 Å². The van der Waals surface area contributed by atoms with Crippen LogP contribution in [0.3, 0.4) is 0 Å². The van der Waals surface area contributed by atoms with Gasteiger partial charge in [0.1, 0.15) is 11.2 Å². The largest absolute Gasteiger partial charge is 0.345 e. The molecule has 4 rings (SSSR count). The molecule has 132 valence electrons. The number of benzene rings is 1. The number of hydrogen-bond acceptors (Lipinski definition) is 3. The number of aryl methyl sites for hydroxylation is 1. The Bertz CT molecular complexity index is 1040. The molecule has 1 N–H and O–H groups in total. The normalized spacial score (nSPS) is 14.7. The molecule has 1 aromatic carbocycles. The first-order chi connectivity index (χ1) is 12.6. The molecule has 0 unspecified atom stereocenters. The predicted molar refractivity (Wildman–Crippen MR) is 101 cm³/mol. The van der Waals surface area contributed by atoms with Crippen molar-refractivity contribution in [2.45, 2.75) is 12.8 Å². The van der Waals surface area contributed by atoms with Crippen molar-refractivity contribution < 1.29 is 4.79 Å². The maximum atomic E-state index is 12.8. The number of pyridine rings is 1. The van der Waals surface area contributed by atoms with Crippen LogP contribution in [-0.4, -0.2) is 38.7 Å². The Morgan fingerprint density at radius 1 is 1.19 bits per heavy atom. The molecular weight excluding hydrogens is 328 g/mol. The lowest BCUT2D eigenvalue weighted by atomic mass is 10.0. The Labute approximate surface area is 150 Å². The van der Waals surface area contributed by atoms with E-state index in [0.717, 1.165) is 12.8 Å². The van der Waals surface area contributed by atoms with E-state index in [4.69, 9.17) is 0 Å². The van der Waals surface area contributed by atoms with Gasteiger partial charge in [-0.25, -0.2) is 0 Å². The van der Waals surface area contributed by atoms with Gasteiger partial charge in [0.2, 0.25) is 5.43 Å². The second-order valence-electron chi connectivity index (χ2n) is 6.57. The van der Waals surface area contributed by atoms with Crippen molar-refractivity contribution in [2.24, 2.45) is 7.05 Å². The van der Waals surface area contributed by atoms with Crippen LogP contribution in [0.5, 0.6) is 0 Å². The molecule has 3 heterocycles. The fourth-order valence-electron chi connectivity index (χ4n) is 3.38. The molecule has 1 amide bonds. The zero-order chi connectivity index (χ0) is 18.1. The molecule has 0 atom stereocenters. The summed E-state index contributed by atoms with van der Waals surface area (Å²) in [6.07, 6.45) is 6.85. The first-order valence-corrected chi connectivity index (χ1v) is 8.70. The van der Waals surface area contributed by atoms with Gasteiger partial charge in [-0.1, -0.05) is 42.0 Å². The van der Waals surface area contributed by atoms with Crippen molar-refractivity contribution in [3.05, 3.63) is 69.6 Å². The Morgan fingerprint density at radius 2 is 1.92 bits per heavy atom. The number of rotatable bonds is 2. The number of aromatic nitrogens is 3. The summed E-state index contributed by atoms with van der Waals surface area (Å²) in [6.45, 7) is 1.25. The number of nitrogens with zero attached hydrogens (tertiary/aromatic N) is 3. The molecule has 0 radical (unpaired) electrons. The maximum absolute atomic E-state index is 12.8. The average molecular weight is 348 g/mol. The Morgan fingerprint density at radius 3 is 2.65 bits per heavy atom. The summed E-state index contributed by atoms with van der Waals surface area (Å²) in [7, 11) is 1.75. The van der Waals surface area contributed by atoms with Crippen molar-refractivity contribution in [1.29, 1.82) is 0 Å². The fourth-order valence-corrected chi connectivity index (χ4v) is 3.38. The SMILES string of the molecule is Cn1ncc2c(=O)c(C(=O)N3CCC(=Cc4ccccc4)CC3)c[nH]c21. The number of carbonyl (C=O) groups excluding carboxylic acids is 1. The van der Waals surface area contributed by atoms with E-state index in [-0.39, 0.29) is 16.9 Å². The molecule has 6 heteroatoms. The average Bonchev–Trinajstić information content (AvgIpc) is 3.05. The van der Waals surface area contributed by atoms with Gasteiger partial charge in [-0.2, -0.15) is 5.10 Å². The molecule has 0 saturated carbocycles. The van der Waals surface area contributed by atoms with Gasteiger partial charge in [-0.15, -0.1) is 0 Å².